The predicted molar refractivity (Wildman–Crippen MR) is 136 cm³/mol. The maximum absolute atomic E-state index is 13.3. The first-order valence-corrected chi connectivity index (χ1v) is 12.4. The fourth-order valence-corrected chi connectivity index (χ4v) is 5.60. The first-order valence-electron chi connectivity index (χ1n) is 11.2. The van der Waals surface area contributed by atoms with Crippen LogP contribution in [-0.2, 0) is 0 Å². The molecule has 4 heterocycles. The number of halogens is 3. The van der Waals surface area contributed by atoms with Crippen molar-refractivity contribution < 1.29 is 18.3 Å². The minimum Gasteiger partial charge on any atom is -0.433 e. The number of thiophene rings is 1. The molecule has 13 heteroatoms. The molecule has 1 unspecified atom stereocenters. The Bertz CT molecular complexity index is 1310. The van der Waals surface area contributed by atoms with E-state index < -0.39 is 12.5 Å². The maximum atomic E-state index is 13.3. The number of aromatic nitrogens is 2. The Balaban J connectivity index is 1.39. The maximum Gasteiger partial charge on any atom is 0.387 e. The lowest BCUT2D eigenvalue weighted by Gasteiger charge is -2.21. The van der Waals surface area contributed by atoms with Crippen molar-refractivity contribution in [2.45, 2.75) is 19.1 Å². The number of carbonyl (C=O) groups excluding carboxylic acids is 1. The van der Waals surface area contributed by atoms with E-state index in [4.69, 9.17) is 22.1 Å². The van der Waals surface area contributed by atoms with Gasteiger partial charge in [0.05, 0.1) is 23.0 Å². The van der Waals surface area contributed by atoms with Gasteiger partial charge < -0.3 is 26.0 Å². The van der Waals surface area contributed by atoms with Crippen LogP contribution in [-0.4, -0.2) is 59.6 Å². The van der Waals surface area contributed by atoms with E-state index >= 15 is 0 Å². The van der Waals surface area contributed by atoms with Gasteiger partial charge in [0.25, 0.3) is 5.91 Å². The Kier molecular flexibility index (Phi) is 6.35. The second-order valence-corrected chi connectivity index (χ2v) is 10.3. The number of hydrogen-bond acceptors (Lipinski definition) is 9. The number of nitrogens with two attached hydrogens (primary N) is 1. The molecule has 190 valence electrons. The lowest BCUT2D eigenvalue weighted by molar-refractivity contribution is -0.0493. The minimum atomic E-state index is -3.01. The molecule has 0 aliphatic carbocycles. The van der Waals surface area contributed by atoms with Gasteiger partial charge in [0.2, 0.25) is 5.95 Å². The molecule has 0 radical (unpaired) electrons. The summed E-state index contributed by atoms with van der Waals surface area (Å²) in [6.45, 7) is 1.89. The number of alkyl halides is 2. The average Bonchev–Trinajstić information content (AvgIpc) is 3.13. The molecule has 36 heavy (non-hydrogen) atoms. The van der Waals surface area contributed by atoms with E-state index in [2.05, 4.69) is 44.4 Å². The van der Waals surface area contributed by atoms with Gasteiger partial charge in [-0.3, -0.25) is 9.69 Å². The highest BCUT2D eigenvalue weighted by Gasteiger charge is 2.58. The van der Waals surface area contributed by atoms with Gasteiger partial charge in [0.15, 0.2) is 11.6 Å². The summed E-state index contributed by atoms with van der Waals surface area (Å²) in [6, 6.07) is 6.70. The van der Waals surface area contributed by atoms with Crippen molar-refractivity contribution in [3.63, 3.8) is 0 Å². The molecule has 9 nitrogen and oxygen atoms in total. The fourth-order valence-electron chi connectivity index (χ4n) is 4.67. The zero-order valence-corrected chi connectivity index (χ0v) is 21.0. The third-order valence-electron chi connectivity index (χ3n) is 6.74. The number of hydrogen-bond donors (Lipinski definition) is 3. The summed E-state index contributed by atoms with van der Waals surface area (Å²) in [5.74, 6) is 0.160. The summed E-state index contributed by atoms with van der Waals surface area (Å²) >= 11 is 7.49. The van der Waals surface area contributed by atoms with Crippen LogP contribution in [0.1, 0.15) is 17.3 Å². The monoisotopic (exact) mass is 535 g/mol. The quantitative estimate of drug-likeness (QED) is 0.361. The topological polar surface area (TPSA) is 108 Å². The highest BCUT2D eigenvalue weighted by Crippen LogP contribution is 2.45. The number of anilines is 5. The molecule has 3 aromatic rings. The number of likely N-dealkylation sites (N-methyl/N-ethyl adjacent to an activating group) is 1. The highest BCUT2D eigenvalue weighted by atomic mass is 35.5. The average molecular weight is 536 g/mol. The van der Waals surface area contributed by atoms with Crippen molar-refractivity contribution in [1.82, 2.24) is 14.9 Å². The molecule has 0 saturated carbocycles. The Morgan fingerprint density at radius 1 is 1.33 bits per heavy atom. The van der Waals surface area contributed by atoms with Crippen LogP contribution >= 0.6 is 22.9 Å². The van der Waals surface area contributed by atoms with Crippen molar-refractivity contribution in [3.05, 3.63) is 46.4 Å². The Morgan fingerprint density at radius 2 is 2.11 bits per heavy atom. The van der Waals surface area contributed by atoms with Crippen molar-refractivity contribution in [2.75, 3.05) is 42.2 Å². The van der Waals surface area contributed by atoms with Gasteiger partial charge in [-0.15, -0.1) is 11.3 Å². The van der Waals surface area contributed by atoms with Crippen LogP contribution in [0.3, 0.4) is 0 Å². The van der Waals surface area contributed by atoms with Gasteiger partial charge in [-0.05, 0) is 36.5 Å². The van der Waals surface area contributed by atoms with Gasteiger partial charge in [0, 0.05) is 31.4 Å². The normalized spacial score (nSPS) is 22.8. The summed E-state index contributed by atoms with van der Waals surface area (Å²) < 4.78 is 31.4. The summed E-state index contributed by atoms with van der Waals surface area (Å²) in [7, 11) is 2.10. The first kappa shape index (κ1) is 24.5. The van der Waals surface area contributed by atoms with Crippen LogP contribution in [0.25, 0.3) is 0 Å². The third kappa shape index (κ3) is 4.63. The number of rotatable bonds is 8. The minimum absolute atomic E-state index is 0.0254. The first-order chi connectivity index (χ1) is 17.2. The molecule has 2 fully saturated rings. The number of nitrogens with one attached hydrogen (secondary N) is 2. The molecule has 2 aliphatic heterocycles. The molecule has 1 amide bonds. The lowest BCUT2D eigenvalue weighted by atomic mass is 9.98. The molecule has 2 aromatic heterocycles. The van der Waals surface area contributed by atoms with Crippen molar-refractivity contribution >= 4 is 57.0 Å². The largest absolute Gasteiger partial charge is 0.433 e. The van der Waals surface area contributed by atoms with Crippen LogP contribution in [0.15, 0.2) is 35.8 Å². The fraction of sp³-hybridized carbons (Fsp3) is 0.348. The van der Waals surface area contributed by atoms with E-state index in [0.717, 1.165) is 25.3 Å². The molecule has 5 rings (SSSR count). The molecule has 4 N–H and O–H groups in total. The highest BCUT2D eigenvalue weighted by molar-refractivity contribution is 7.14. The SMILES string of the molecule is C[C@@H]1CN(c2ccc(Nc3ncc(Cl)c(Nc4sccc4C(N)=O)n3)c(OC(F)F)c2)C[C@]12CN2C. The van der Waals surface area contributed by atoms with E-state index in [1.807, 2.05) is 6.07 Å². The van der Waals surface area contributed by atoms with Gasteiger partial charge in [-0.1, -0.05) is 18.5 Å². The summed E-state index contributed by atoms with van der Waals surface area (Å²) in [5.41, 5.74) is 6.92. The molecule has 3 atom stereocenters. The van der Waals surface area contributed by atoms with Crippen LogP contribution in [0, 0.1) is 5.92 Å². The van der Waals surface area contributed by atoms with E-state index in [9.17, 15) is 13.6 Å². The number of primary amides is 1. The second kappa shape index (κ2) is 9.34. The lowest BCUT2D eigenvalue weighted by Crippen LogP contribution is -2.27. The smallest absolute Gasteiger partial charge is 0.387 e. The molecular formula is C23H24ClF2N7O2S. The van der Waals surface area contributed by atoms with Crippen LogP contribution < -0.4 is 26.0 Å². The number of ether oxygens (including phenoxy) is 1. The van der Waals surface area contributed by atoms with Crippen LogP contribution in [0.4, 0.5) is 36.9 Å². The van der Waals surface area contributed by atoms with Crippen LogP contribution in [0.5, 0.6) is 5.75 Å². The summed E-state index contributed by atoms with van der Waals surface area (Å²) in [6.07, 6.45) is 1.36. The Hall–Kier alpha value is -3.22. The van der Waals surface area contributed by atoms with E-state index in [1.165, 1.54) is 17.5 Å². The van der Waals surface area contributed by atoms with E-state index in [1.54, 1.807) is 23.6 Å². The van der Waals surface area contributed by atoms with Crippen molar-refractivity contribution in [1.29, 1.82) is 0 Å². The van der Waals surface area contributed by atoms with Crippen molar-refractivity contribution in [2.24, 2.45) is 11.7 Å². The second-order valence-electron chi connectivity index (χ2n) is 8.97. The standard InChI is InChI=1S/C23H24ClF2N7O2S/c1-12-9-33(11-23(12)10-32(23)2)13-3-4-16(17(7-13)35-21(25)26)29-22-28-8-15(24)19(31-22)30-20-14(18(27)34)5-6-36-20/h3-8,12,21H,9-11H2,1-2H3,(H2,27,34)(H2,28,29,30,31)/t12-,23-,32?/m1/s1. The Morgan fingerprint density at radius 3 is 2.78 bits per heavy atom. The third-order valence-corrected chi connectivity index (χ3v) is 7.85. The van der Waals surface area contributed by atoms with E-state index in [-0.39, 0.29) is 33.8 Å². The predicted octanol–water partition coefficient (Wildman–Crippen LogP) is 4.52. The van der Waals surface area contributed by atoms with E-state index in [0.29, 0.717) is 16.5 Å². The number of benzene rings is 1. The van der Waals surface area contributed by atoms with Crippen molar-refractivity contribution in [3.8, 4) is 5.75 Å². The molecule has 1 spiro atoms. The van der Waals surface area contributed by atoms with Gasteiger partial charge >= 0.3 is 6.61 Å². The Labute approximate surface area is 215 Å². The van der Waals surface area contributed by atoms with Gasteiger partial charge in [-0.2, -0.15) is 13.8 Å². The zero-order chi connectivity index (χ0) is 25.6. The zero-order valence-electron chi connectivity index (χ0n) is 19.5. The summed E-state index contributed by atoms with van der Waals surface area (Å²) in [4.78, 5) is 24.6. The molecular weight excluding hydrogens is 512 g/mol. The molecule has 2 saturated heterocycles. The van der Waals surface area contributed by atoms with Crippen LogP contribution in [0.2, 0.25) is 5.02 Å². The molecule has 0 bridgehead atoms. The number of amides is 1. The number of carbonyl (C=O) groups is 1. The van der Waals surface area contributed by atoms with Gasteiger partial charge in [0.1, 0.15) is 10.0 Å². The molecule has 2 aliphatic rings. The number of nitrogens with zero attached hydrogens (tertiary/aromatic N) is 4. The van der Waals surface area contributed by atoms with Gasteiger partial charge in [-0.25, -0.2) is 4.98 Å². The molecule has 1 aromatic carbocycles. The summed E-state index contributed by atoms with van der Waals surface area (Å²) in [5, 5.41) is 8.28.